The minimum absolute atomic E-state index is 0.0525. The molecule has 0 amide bonds. The lowest BCUT2D eigenvalue weighted by Crippen LogP contribution is -2.01. The molecule has 0 radical (unpaired) electrons. The number of nitrogen functional groups attached to an aromatic ring is 1. The van der Waals surface area contributed by atoms with Crippen molar-refractivity contribution in [1.29, 1.82) is 0 Å². The molecular formula is C13H9ClINO. The fourth-order valence-corrected chi connectivity index (χ4v) is 1.95. The van der Waals surface area contributed by atoms with E-state index in [9.17, 15) is 4.79 Å². The van der Waals surface area contributed by atoms with Gasteiger partial charge in [0.1, 0.15) is 0 Å². The molecule has 2 rings (SSSR count). The van der Waals surface area contributed by atoms with Gasteiger partial charge < -0.3 is 5.73 Å². The number of benzene rings is 2. The van der Waals surface area contributed by atoms with Crippen LogP contribution in [0.3, 0.4) is 0 Å². The zero-order valence-corrected chi connectivity index (χ0v) is 11.7. The first-order valence-electron chi connectivity index (χ1n) is 4.93. The second-order valence-electron chi connectivity index (χ2n) is 3.58. The maximum absolute atomic E-state index is 12.1. The van der Waals surface area contributed by atoms with Gasteiger partial charge in [-0.15, -0.1) is 0 Å². The molecule has 86 valence electrons. The summed E-state index contributed by atoms with van der Waals surface area (Å²) in [6.45, 7) is 0. The molecule has 0 aromatic heterocycles. The number of rotatable bonds is 2. The summed E-state index contributed by atoms with van der Waals surface area (Å²) in [6.07, 6.45) is 0. The average molecular weight is 358 g/mol. The quantitative estimate of drug-likeness (QED) is 0.505. The smallest absolute Gasteiger partial charge is 0.193 e. The number of ketones is 1. The molecule has 0 atom stereocenters. The Bertz CT molecular complexity index is 566. The summed E-state index contributed by atoms with van der Waals surface area (Å²) in [5.74, 6) is -0.0525. The maximum Gasteiger partial charge on any atom is 0.193 e. The standard InChI is InChI=1S/C13H9ClINO/c14-11-7-9(3-6-12(11)15)13(17)8-1-4-10(16)5-2-8/h1-7H,16H2. The van der Waals surface area contributed by atoms with Gasteiger partial charge in [-0.1, -0.05) is 11.6 Å². The Hall–Kier alpha value is -1.07. The summed E-state index contributed by atoms with van der Waals surface area (Å²) < 4.78 is 0.929. The van der Waals surface area contributed by atoms with Crippen LogP contribution in [0.1, 0.15) is 15.9 Å². The highest BCUT2D eigenvalue weighted by molar-refractivity contribution is 14.1. The van der Waals surface area contributed by atoms with E-state index in [-0.39, 0.29) is 5.78 Å². The number of halogens is 2. The van der Waals surface area contributed by atoms with E-state index in [4.69, 9.17) is 17.3 Å². The molecule has 0 saturated carbocycles. The number of nitrogens with two attached hydrogens (primary N) is 1. The van der Waals surface area contributed by atoms with Crippen LogP contribution in [0.4, 0.5) is 5.69 Å². The predicted molar refractivity (Wildman–Crippen MR) is 78.5 cm³/mol. The van der Waals surface area contributed by atoms with Gasteiger partial charge >= 0.3 is 0 Å². The van der Waals surface area contributed by atoms with Crippen molar-refractivity contribution in [2.24, 2.45) is 0 Å². The molecule has 17 heavy (non-hydrogen) atoms. The molecule has 0 heterocycles. The van der Waals surface area contributed by atoms with E-state index in [2.05, 4.69) is 22.6 Å². The first kappa shape index (κ1) is 12.4. The van der Waals surface area contributed by atoms with E-state index in [1.165, 1.54) is 0 Å². The van der Waals surface area contributed by atoms with Crippen molar-refractivity contribution in [2.45, 2.75) is 0 Å². The number of hydrogen-bond donors (Lipinski definition) is 1. The van der Waals surface area contributed by atoms with Crippen molar-refractivity contribution >= 4 is 45.7 Å². The van der Waals surface area contributed by atoms with Crippen molar-refractivity contribution in [1.82, 2.24) is 0 Å². The normalized spacial score (nSPS) is 10.2. The molecule has 2 N–H and O–H groups in total. The summed E-state index contributed by atoms with van der Waals surface area (Å²) in [5.41, 5.74) is 7.41. The third-order valence-corrected chi connectivity index (χ3v) is 3.93. The van der Waals surface area contributed by atoms with Crippen LogP contribution in [0.25, 0.3) is 0 Å². The summed E-state index contributed by atoms with van der Waals surface area (Å²) in [5, 5.41) is 0.590. The Balaban J connectivity index is 2.37. The molecule has 0 aliphatic carbocycles. The molecule has 2 aromatic rings. The highest BCUT2D eigenvalue weighted by Gasteiger charge is 2.10. The summed E-state index contributed by atoms with van der Waals surface area (Å²) in [7, 11) is 0. The van der Waals surface area contributed by atoms with Gasteiger partial charge in [0, 0.05) is 20.4 Å². The Kier molecular flexibility index (Phi) is 3.69. The van der Waals surface area contributed by atoms with Crippen LogP contribution in [0.2, 0.25) is 5.02 Å². The largest absolute Gasteiger partial charge is 0.399 e. The van der Waals surface area contributed by atoms with Crippen LogP contribution >= 0.6 is 34.2 Å². The van der Waals surface area contributed by atoms with Crippen LogP contribution < -0.4 is 5.73 Å². The monoisotopic (exact) mass is 357 g/mol. The number of carbonyl (C=O) groups is 1. The van der Waals surface area contributed by atoms with Crippen molar-refractivity contribution in [3.05, 3.63) is 62.2 Å². The molecule has 0 fully saturated rings. The van der Waals surface area contributed by atoms with Crippen molar-refractivity contribution in [2.75, 3.05) is 5.73 Å². The Morgan fingerprint density at radius 2 is 1.65 bits per heavy atom. The highest BCUT2D eigenvalue weighted by Crippen LogP contribution is 2.21. The summed E-state index contributed by atoms with van der Waals surface area (Å²) in [6, 6.07) is 12.1. The number of anilines is 1. The van der Waals surface area contributed by atoms with Gasteiger partial charge in [0.2, 0.25) is 0 Å². The lowest BCUT2D eigenvalue weighted by Gasteiger charge is -2.03. The van der Waals surface area contributed by atoms with E-state index in [1.807, 2.05) is 6.07 Å². The first-order chi connectivity index (χ1) is 8.08. The fourth-order valence-electron chi connectivity index (χ4n) is 1.44. The predicted octanol–water partition coefficient (Wildman–Crippen LogP) is 3.76. The fraction of sp³-hybridized carbons (Fsp3) is 0. The molecule has 0 bridgehead atoms. The summed E-state index contributed by atoms with van der Waals surface area (Å²) >= 11 is 8.11. The second-order valence-corrected chi connectivity index (χ2v) is 5.15. The van der Waals surface area contributed by atoms with E-state index in [1.54, 1.807) is 36.4 Å². The van der Waals surface area contributed by atoms with Crippen LogP contribution in [-0.2, 0) is 0 Å². The molecular weight excluding hydrogens is 349 g/mol. The van der Waals surface area contributed by atoms with Gasteiger partial charge in [-0.2, -0.15) is 0 Å². The zero-order chi connectivity index (χ0) is 12.4. The first-order valence-corrected chi connectivity index (χ1v) is 6.39. The van der Waals surface area contributed by atoms with Crippen molar-refractivity contribution < 1.29 is 4.79 Å². The van der Waals surface area contributed by atoms with Gasteiger partial charge in [0.25, 0.3) is 0 Å². The molecule has 2 aromatic carbocycles. The topological polar surface area (TPSA) is 43.1 Å². The molecule has 0 saturated heterocycles. The zero-order valence-electron chi connectivity index (χ0n) is 8.78. The van der Waals surface area contributed by atoms with Crippen LogP contribution in [0.15, 0.2) is 42.5 Å². The molecule has 0 unspecified atom stereocenters. The van der Waals surface area contributed by atoms with Crippen LogP contribution in [-0.4, -0.2) is 5.78 Å². The van der Waals surface area contributed by atoms with Gasteiger partial charge in [-0.25, -0.2) is 0 Å². The number of hydrogen-bond acceptors (Lipinski definition) is 2. The third-order valence-electron chi connectivity index (χ3n) is 2.35. The van der Waals surface area contributed by atoms with Crippen LogP contribution in [0, 0.1) is 3.57 Å². The molecule has 0 aliphatic rings. The van der Waals surface area contributed by atoms with E-state index >= 15 is 0 Å². The van der Waals surface area contributed by atoms with Gasteiger partial charge in [0.05, 0.1) is 5.02 Å². The number of carbonyl (C=O) groups excluding carboxylic acids is 1. The lowest BCUT2D eigenvalue weighted by molar-refractivity contribution is 0.103. The minimum atomic E-state index is -0.0525. The Labute approximate surface area is 118 Å². The maximum atomic E-state index is 12.1. The Morgan fingerprint density at radius 1 is 1.06 bits per heavy atom. The van der Waals surface area contributed by atoms with E-state index < -0.39 is 0 Å². The van der Waals surface area contributed by atoms with Crippen molar-refractivity contribution in [3.63, 3.8) is 0 Å². The van der Waals surface area contributed by atoms with Gasteiger partial charge in [-0.05, 0) is 65.1 Å². The molecule has 2 nitrogen and oxygen atoms in total. The molecule has 0 spiro atoms. The van der Waals surface area contributed by atoms with E-state index in [0.29, 0.717) is 21.8 Å². The van der Waals surface area contributed by atoms with Gasteiger partial charge in [-0.3, -0.25) is 4.79 Å². The minimum Gasteiger partial charge on any atom is -0.399 e. The second kappa shape index (κ2) is 5.06. The SMILES string of the molecule is Nc1ccc(C(=O)c2ccc(I)c(Cl)c2)cc1. The summed E-state index contributed by atoms with van der Waals surface area (Å²) in [4.78, 5) is 12.1. The molecule has 4 heteroatoms. The lowest BCUT2D eigenvalue weighted by atomic mass is 10.0. The Morgan fingerprint density at radius 3 is 2.24 bits per heavy atom. The van der Waals surface area contributed by atoms with Crippen LogP contribution in [0.5, 0.6) is 0 Å². The molecule has 0 aliphatic heterocycles. The van der Waals surface area contributed by atoms with Crippen molar-refractivity contribution in [3.8, 4) is 0 Å². The van der Waals surface area contributed by atoms with E-state index in [0.717, 1.165) is 3.57 Å². The van der Waals surface area contributed by atoms with Gasteiger partial charge in [0.15, 0.2) is 5.78 Å². The third kappa shape index (κ3) is 2.79. The highest BCUT2D eigenvalue weighted by atomic mass is 127. The average Bonchev–Trinajstić information content (AvgIpc) is 2.33.